The number of hydrogen-bond acceptors (Lipinski definition) is 10. The highest BCUT2D eigenvalue weighted by molar-refractivity contribution is 6.76. The molecule has 10 nitrogen and oxygen atoms in total. The van der Waals surface area contributed by atoms with Crippen LogP contribution in [0.4, 0.5) is 0 Å². The van der Waals surface area contributed by atoms with Crippen LogP contribution < -0.4 is 0 Å². The maximum absolute atomic E-state index is 12.7. The normalized spacial score (nSPS) is 20.9. The van der Waals surface area contributed by atoms with Crippen LogP contribution in [0, 0.1) is 0 Å². The van der Waals surface area contributed by atoms with Gasteiger partial charge < -0.3 is 43.4 Å². The van der Waals surface area contributed by atoms with E-state index in [-0.39, 0.29) is 55.6 Å². The Bertz CT molecular complexity index is 1300. The van der Waals surface area contributed by atoms with Crippen LogP contribution in [0.25, 0.3) is 6.08 Å². The molecule has 0 aromatic heterocycles. The number of benzene rings is 1. The first-order chi connectivity index (χ1) is 24.3. The highest BCUT2D eigenvalue weighted by Crippen LogP contribution is 2.26. The average molecular weight is 731 g/mol. The number of esters is 1. The third-order valence-corrected chi connectivity index (χ3v) is 9.75. The van der Waals surface area contributed by atoms with Crippen LogP contribution in [0.3, 0.4) is 0 Å². The predicted octanol–water partition coefficient (Wildman–Crippen LogP) is 7.95. The van der Waals surface area contributed by atoms with Gasteiger partial charge in [-0.1, -0.05) is 92.0 Å². The summed E-state index contributed by atoms with van der Waals surface area (Å²) in [7, 11) is 1.81. The molecule has 1 heterocycles. The molecule has 1 aliphatic rings. The molecule has 6 atom stereocenters. The second-order valence-electron chi connectivity index (χ2n) is 14.1. The monoisotopic (exact) mass is 730 g/mol. The van der Waals surface area contributed by atoms with Crippen molar-refractivity contribution in [3.05, 3.63) is 83.5 Å². The quantitative estimate of drug-likeness (QED) is 0.0377. The van der Waals surface area contributed by atoms with Gasteiger partial charge in [0.15, 0.2) is 6.29 Å². The fraction of sp³-hybridized carbons (Fsp3) is 0.575. The number of phenols is 1. The van der Waals surface area contributed by atoms with Crippen molar-refractivity contribution in [1.29, 1.82) is 0 Å². The molecule has 0 aliphatic carbocycles. The molecular formula is C40H62O10Si. The van der Waals surface area contributed by atoms with E-state index in [9.17, 15) is 15.0 Å². The van der Waals surface area contributed by atoms with E-state index in [0.717, 1.165) is 18.9 Å². The van der Waals surface area contributed by atoms with Crippen LogP contribution in [0.2, 0.25) is 25.7 Å². The Kier molecular flexibility index (Phi) is 21.2. The fourth-order valence-corrected chi connectivity index (χ4v) is 6.14. The van der Waals surface area contributed by atoms with Crippen LogP contribution in [0.1, 0.15) is 68.8 Å². The van der Waals surface area contributed by atoms with E-state index >= 15 is 0 Å². The molecule has 51 heavy (non-hydrogen) atoms. The molecule has 2 rings (SSSR count). The van der Waals surface area contributed by atoms with Crippen molar-refractivity contribution in [2.45, 2.75) is 115 Å². The average Bonchev–Trinajstić information content (AvgIpc) is 3.04. The van der Waals surface area contributed by atoms with E-state index in [2.05, 4.69) is 38.7 Å². The second-order valence-corrected chi connectivity index (χ2v) is 19.8. The summed E-state index contributed by atoms with van der Waals surface area (Å²) >= 11 is 0. The van der Waals surface area contributed by atoms with E-state index < -0.39 is 20.1 Å². The molecule has 1 saturated heterocycles. The molecule has 0 spiro atoms. The number of carbonyl (C=O) groups is 1. The summed E-state index contributed by atoms with van der Waals surface area (Å²) in [6, 6.07) is 5.86. The number of aliphatic hydroxyl groups is 1. The van der Waals surface area contributed by atoms with E-state index in [1.807, 2.05) is 50.3 Å². The maximum atomic E-state index is 12.7. The third kappa shape index (κ3) is 19.5. The van der Waals surface area contributed by atoms with Crippen molar-refractivity contribution in [2.24, 2.45) is 0 Å². The summed E-state index contributed by atoms with van der Waals surface area (Å²) in [5.74, 6) is -0.599. The molecule has 2 N–H and O–H groups in total. The molecular weight excluding hydrogens is 669 g/mol. The van der Waals surface area contributed by atoms with E-state index in [0.29, 0.717) is 31.4 Å². The number of phenolic OH excluding ortho intramolecular Hbond substituents is 1. The van der Waals surface area contributed by atoms with Crippen LogP contribution in [-0.4, -0.2) is 95.5 Å². The van der Waals surface area contributed by atoms with Crippen molar-refractivity contribution in [2.75, 3.05) is 34.4 Å². The molecule has 1 aromatic carbocycles. The number of rotatable bonds is 23. The molecule has 0 amide bonds. The molecule has 1 fully saturated rings. The van der Waals surface area contributed by atoms with Crippen LogP contribution >= 0.6 is 0 Å². The number of carbonyl (C=O) groups excluding carboxylic acids is 1. The molecule has 11 heteroatoms. The first kappa shape index (κ1) is 44.3. The highest BCUT2D eigenvalue weighted by atomic mass is 28.3. The van der Waals surface area contributed by atoms with Crippen molar-refractivity contribution in [3.8, 4) is 5.75 Å². The topological polar surface area (TPSA) is 122 Å². The van der Waals surface area contributed by atoms with Gasteiger partial charge >= 0.3 is 5.97 Å². The zero-order valence-electron chi connectivity index (χ0n) is 31.9. The lowest BCUT2D eigenvalue weighted by molar-refractivity contribution is -0.221. The standard InChI is InChI=1S/C40H62O10Si/c1-30(16-12-10-9-11-13-17-33-18-14-21-38(42)39(33)40(43)46-22-23-51(6,7)8)24-37-27-36(49-32(3)50-37)20-15-19-35(48-29-45-5)26-34(41)25-31(2)47-28-44-4/h9-18,20-21,31-32,34-37,41-42H,19,22-29H2,1-8H3/b11-9+,12-10+,17-13+,20-15+,30-16+/t31-,32-,34+,35+,36-,37+/m1/s1. The molecule has 0 bridgehead atoms. The first-order valence-corrected chi connectivity index (χ1v) is 21.5. The van der Waals surface area contributed by atoms with E-state index in [1.165, 1.54) is 11.6 Å². The number of ether oxygens (including phenoxy) is 7. The van der Waals surface area contributed by atoms with E-state index in [1.54, 1.807) is 32.4 Å². The number of methoxy groups -OCH3 is 2. The predicted molar refractivity (Wildman–Crippen MR) is 204 cm³/mol. The minimum Gasteiger partial charge on any atom is -0.507 e. The van der Waals surface area contributed by atoms with Gasteiger partial charge in [-0.25, -0.2) is 4.79 Å². The van der Waals surface area contributed by atoms with Crippen molar-refractivity contribution < 1.29 is 48.2 Å². The minimum atomic E-state index is -1.34. The van der Waals surface area contributed by atoms with Crippen LogP contribution in [0.15, 0.2) is 72.4 Å². The summed E-state index contributed by atoms with van der Waals surface area (Å²) < 4.78 is 38.9. The number of allylic oxidation sites excluding steroid dienone is 6. The third-order valence-electron chi connectivity index (χ3n) is 8.04. The van der Waals surface area contributed by atoms with Gasteiger partial charge in [-0.15, -0.1) is 0 Å². The first-order valence-electron chi connectivity index (χ1n) is 17.8. The summed E-state index contributed by atoms with van der Waals surface area (Å²) in [5, 5.41) is 20.9. The summed E-state index contributed by atoms with van der Waals surface area (Å²) in [4.78, 5) is 12.7. The molecule has 0 radical (unpaired) electrons. The summed E-state index contributed by atoms with van der Waals surface area (Å²) in [6.45, 7) is 13.3. The van der Waals surface area contributed by atoms with Gasteiger partial charge in [-0.05, 0) is 64.1 Å². The molecule has 0 unspecified atom stereocenters. The van der Waals surface area contributed by atoms with Crippen molar-refractivity contribution in [3.63, 3.8) is 0 Å². The Labute approximate surface area is 306 Å². The zero-order valence-corrected chi connectivity index (χ0v) is 32.9. The molecule has 286 valence electrons. The lowest BCUT2D eigenvalue weighted by Gasteiger charge is -2.33. The van der Waals surface area contributed by atoms with Crippen LogP contribution in [0.5, 0.6) is 5.75 Å². The summed E-state index contributed by atoms with van der Waals surface area (Å²) in [5.41, 5.74) is 1.96. The van der Waals surface area contributed by atoms with Gasteiger partial charge in [0.05, 0.1) is 37.1 Å². The van der Waals surface area contributed by atoms with Gasteiger partial charge in [-0.2, -0.15) is 0 Å². The molecule has 1 aliphatic heterocycles. The lowest BCUT2D eigenvalue weighted by Crippen LogP contribution is -2.36. The largest absolute Gasteiger partial charge is 0.507 e. The van der Waals surface area contributed by atoms with Gasteiger partial charge in [0.1, 0.15) is 24.9 Å². The van der Waals surface area contributed by atoms with Gasteiger partial charge in [0, 0.05) is 28.7 Å². The summed E-state index contributed by atoms with van der Waals surface area (Å²) in [6.07, 6.45) is 19.2. The zero-order chi connectivity index (χ0) is 37.6. The number of hydrogen-bond donors (Lipinski definition) is 2. The smallest absolute Gasteiger partial charge is 0.342 e. The van der Waals surface area contributed by atoms with Gasteiger partial charge in [0.2, 0.25) is 0 Å². The Morgan fingerprint density at radius 2 is 1.73 bits per heavy atom. The lowest BCUT2D eigenvalue weighted by atomic mass is 10.0. The second kappa shape index (κ2) is 24.4. The van der Waals surface area contributed by atoms with Gasteiger partial charge in [0.25, 0.3) is 0 Å². The van der Waals surface area contributed by atoms with Gasteiger partial charge in [-0.3, -0.25) is 0 Å². The van der Waals surface area contributed by atoms with Crippen LogP contribution in [-0.2, 0) is 33.2 Å². The highest BCUT2D eigenvalue weighted by Gasteiger charge is 2.26. The fourth-order valence-electron chi connectivity index (χ4n) is 5.43. The SMILES string of the molecule is COCO[C@@H](C/C=C/[C@@H]1C[C@H](C/C(C)=C/C=C/C=C/C=C/c2cccc(O)c2C(=O)OCC[Si](C)(C)C)O[C@H](C)O1)C[C@@H](O)C[C@@H](C)OCOC. The maximum Gasteiger partial charge on any atom is 0.342 e. The van der Waals surface area contributed by atoms with Crippen molar-refractivity contribution in [1.82, 2.24) is 0 Å². The molecule has 0 saturated carbocycles. The Morgan fingerprint density at radius 3 is 2.45 bits per heavy atom. The minimum absolute atomic E-state index is 0.0150. The Morgan fingerprint density at radius 1 is 1.02 bits per heavy atom. The van der Waals surface area contributed by atoms with E-state index in [4.69, 9.17) is 33.2 Å². The Balaban J connectivity index is 1.88. The number of aromatic hydroxyl groups is 1. The molecule has 1 aromatic rings. The van der Waals surface area contributed by atoms with Crippen molar-refractivity contribution >= 4 is 20.1 Å². The number of aliphatic hydroxyl groups excluding tert-OH is 1. The Hall–Kier alpha value is -2.87.